The second kappa shape index (κ2) is 6.16. The van der Waals surface area contributed by atoms with Gasteiger partial charge in [0.2, 0.25) is 0 Å². The molecule has 2 aromatic rings. The maximum absolute atomic E-state index is 12.5. The van der Waals surface area contributed by atoms with E-state index in [1.807, 2.05) is 12.1 Å². The van der Waals surface area contributed by atoms with E-state index in [-0.39, 0.29) is 13.1 Å². The molecule has 2 aromatic carbocycles. The maximum atomic E-state index is 12.5. The molecule has 0 aromatic heterocycles. The minimum absolute atomic E-state index is 0.140. The Morgan fingerprint density at radius 2 is 1.86 bits per heavy atom. The highest BCUT2D eigenvalue weighted by molar-refractivity contribution is 7.90. The Hall–Kier alpha value is -1.76. The van der Waals surface area contributed by atoms with Crippen LogP contribution >= 0.6 is 11.6 Å². The Bertz CT molecular complexity index is 780. The zero-order valence-electron chi connectivity index (χ0n) is 11.7. The van der Waals surface area contributed by atoms with Crippen LogP contribution < -0.4 is 13.8 Å². The first-order valence-electron chi connectivity index (χ1n) is 6.80. The number of halogens is 1. The molecule has 0 fully saturated rings. The van der Waals surface area contributed by atoms with Crippen LogP contribution in [0.25, 0.3) is 0 Å². The zero-order chi connectivity index (χ0) is 15.6. The van der Waals surface area contributed by atoms with E-state index < -0.39 is 10.2 Å². The third-order valence-electron chi connectivity index (χ3n) is 3.38. The molecule has 0 aliphatic carbocycles. The Balaban J connectivity index is 1.81. The molecule has 0 atom stereocenters. The number of ether oxygens (including phenoxy) is 1. The average molecular weight is 339 g/mol. The maximum Gasteiger partial charge on any atom is 0.302 e. The van der Waals surface area contributed by atoms with Crippen molar-refractivity contribution in [2.45, 2.75) is 6.54 Å². The second-order valence-corrected chi connectivity index (χ2v) is 6.89. The topological polar surface area (TPSA) is 58.6 Å². The van der Waals surface area contributed by atoms with Crippen molar-refractivity contribution in [2.24, 2.45) is 0 Å². The normalized spacial score (nSPS) is 14.3. The van der Waals surface area contributed by atoms with Gasteiger partial charge in [0, 0.05) is 11.6 Å². The monoisotopic (exact) mass is 338 g/mol. The summed E-state index contributed by atoms with van der Waals surface area (Å²) in [5.41, 5.74) is 1.27. The van der Waals surface area contributed by atoms with Crippen molar-refractivity contribution < 1.29 is 13.2 Å². The lowest BCUT2D eigenvalue weighted by Crippen LogP contribution is -2.44. The van der Waals surface area contributed by atoms with E-state index >= 15 is 0 Å². The van der Waals surface area contributed by atoms with E-state index in [9.17, 15) is 8.42 Å². The molecule has 0 spiro atoms. The first-order valence-corrected chi connectivity index (χ1v) is 8.62. The van der Waals surface area contributed by atoms with Gasteiger partial charge < -0.3 is 4.74 Å². The van der Waals surface area contributed by atoms with Crippen LogP contribution in [0, 0.1) is 0 Å². The molecule has 1 aliphatic rings. The highest BCUT2D eigenvalue weighted by atomic mass is 35.5. The molecule has 5 nitrogen and oxygen atoms in total. The van der Waals surface area contributed by atoms with Crippen LogP contribution in [0.15, 0.2) is 48.5 Å². The highest BCUT2D eigenvalue weighted by Crippen LogP contribution is 2.32. The molecule has 0 amide bonds. The molecule has 116 valence electrons. The van der Waals surface area contributed by atoms with Crippen LogP contribution in [0.1, 0.15) is 5.56 Å². The Labute approximate surface area is 134 Å². The van der Waals surface area contributed by atoms with E-state index in [1.54, 1.807) is 36.4 Å². The molecule has 1 N–H and O–H groups in total. The highest BCUT2D eigenvalue weighted by Gasteiger charge is 2.27. The Morgan fingerprint density at radius 3 is 2.68 bits per heavy atom. The molecule has 7 heteroatoms. The summed E-state index contributed by atoms with van der Waals surface area (Å²) < 4.78 is 34.5. The van der Waals surface area contributed by atoms with Crippen LogP contribution in [0.3, 0.4) is 0 Å². The van der Waals surface area contributed by atoms with Crippen LogP contribution in [0.4, 0.5) is 5.69 Å². The lowest BCUT2D eigenvalue weighted by atomic mass is 10.2. The number of nitrogens with zero attached hydrogens (tertiary/aromatic N) is 1. The van der Waals surface area contributed by atoms with Gasteiger partial charge in [0.1, 0.15) is 12.4 Å². The fraction of sp³-hybridized carbons (Fsp3) is 0.200. The van der Waals surface area contributed by atoms with Crippen molar-refractivity contribution >= 4 is 27.5 Å². The number of benzene rings is 2. The SMILES string of the molecule is O=S(=O)(NCc1ccccc1Cl)N1CCOc2ccccc21. The van der Waals surface area contributed by atoms with Crippen molar-refractivity contribution in [3.63, 3.8) is 0 Å². The third kappa shape index (κ3) is 3.04. The first-order chi connectivity index (χ1) is 10.6. The summed E-state index contributed by atoms with van der Waals surface area (Å²) in [7, 11) is -3.67. The number of fused-ring (bicyclic) bond motifs is 1. The molecular weight excluding hydrogens is 324 g/mol. The number of hydrogen-bond acceptors (Lipinski definition) is 3. The van der Waals surface area contributed by atoms with Gasteiger partial charge in [-0.1, -0.05) is 41.9 Å². The summed E-state index contributed by atoms with van der Waals surface area (Å²) >= 11 is 6.05. The number of nitrogens with one attached hydrogen (secondary N) is 1. The molecule has 0 bridgehead atoms. The summed E-state index contributed by atoms with van der Waals surface area (Å²) in [6.07, 6.45) is 0. The van der Waals surface area contributed by atoms with Gasteiger partial charge in [0.15, 0.2) is 0 Å². The van der Waals surface area contributed by atoms with Crippen molar-refractivity contribution in [1.82, 2.24) is 4.72 Å². The molecule has 1 aliphatic heterocycles. The minimum atomic E-state index is -3.67. The van der Waals surface area contributed by atoms with E-state index in [0.29, 0.717) is 23.1 Å². The van der Waals surface area contributed by atoms with Gasteiger partial charge >= 0.3 is 10.2 Å². The molecule has 22 heavy (non-hydrogen) atoms. The molecule has 0 radical (unpaired) electrons. The van der Waals surface area contributed by atoms with Crippen molar-refractivity contribution in [3.05, 3.63) is 59.1 Å². The van der Waals surface area contributed by atoms with Gasteiger partial charge in [-0.05, 0) is 23.8 Å². The lowest BCUT2D eigenvalue weighted by Gasteiger charge is -2.30. The largest absolute Gasteiger partial charge is 0.489 e. The van der Waals surface area contributed by atoms with Crippen molar-refractivity contribution in [3.8, 4) is 5.75 Å². The van der Waals surface area contributed by atoms with E-state index in [1.165, 1.54) is 4.31 Å². The van der Waals surface area contributed by atoms with Crippen LogP contribution in [-0.2, 0) is 16.8 Å². The first kappa shape index (κ1) is 15.1. The van der Waals surface area contributed by atoms with Crippen LogP contribution in [0.5, 0.6) is 5.75 Å². The van der Waals surface area contributed by atoms with E-state index in [0.717, 1.165) is 5.56 Å². The summed E-state index contributed by atoms with van der Waals surface area (Å²) in [5.74, 6) is 0.567. The molecule has 3 rings (SSSR count). The van der Waals surface area contributed by atoms with Gasteiger partial charge in [0.25, 0.3) is 0 Å². The predicted molar refractivity (Wildman–Crippen MR) is 86.5 cm³/mol. The zero-order valence-corrected chi connectivity index (χ0v) is 13.3. The van der Waals surface area contributed by atoms with Gasteiger partial charge in [-0.3, -0.25) is 4.31 Å². The summed E-state index contributed by atoms with van der Waals surface area (Å²) in [5, 5.41) is 0.535. The molecule has 0 saturated heterocycles. The standard InChI is InChI=1S/C15H15ClN2O3S/c16-13-6-2-1-5-12(13)11-17-22(19,20)18-9-10-21-15-8-4-3-7-14(15)18/h1-8,17H,9-11H2. The third-order valence-corrected chi connectivity index (χ3v) is 5.22. The van der Waals surface area contributed by atoms with Gasteiger partial charge in [-0.2, -0.15) is 13.1 Å². The minimum Gasteiger partial charge on any atom is -0.489 e. The molecular formula is C15H15ClN2O3S. The average Bonchev–Trinajstić information content (AvgIpc) is 2.53. The van der Waals surface area contributed by atoms with Crippen molar-refractivity contribution in [2.75, 3.05) is 17.5 Å². The van der Waals surface area contributed by atoms with Gasteiger partial charge in [-0.25, -0.2) is 0 Å². The number of hydrogen-bond donors (Lipinski definition) is 1. The summed E-state index contributed by atoms with van der Waals surface area (Å²) in [6, 6.07) is 14.2. The number of para-hydroxylation sites is 2. The van der Waals surface area contributed by atoms with Crippen molar-refractivity contribution in [1.29, 1.82) is 0 Å². The fourth-order valence-corrected chi connectivity index (χ4v) is 3.70. The molecule has 0 unspecified atom stereocenters. The van der Waals surface area contributed by atoms with Crippen LogP contribution in [-0.4, -0.2) is 21.6 Å². The summed E-state index contributed by atoms with van der Waals surface area (Å²) in [4.78, 5) is 0. The lowest BCUT2D eigenvalue weighted by molar-refractivity contribution is 0.315. The predicted octanol–water partition coefficient (Wildman–Crippen LogP) is 2.57. The second-order valence-electron chi connectivity index (χ2n) is 4.81. The van der Waals surface area contributed by atoms with E-state index in [2.05, 4.69) is 4.72 Å². The number of anilines is 1. The number of rotatable bonds is 4. The molecule has 1 heterocycles. The Morgan fingerprint density at radius 1 is 1.14 bits per heavy atom. The summed E-state index contributed by atoms with van der Waals surface area (Å²) in [6.45, 7) is 0.737. The molecule has 0 saturated carbocycles. The van der Waals surface area contributed by atoms with Gasteiger partial charge in [0.05, 0.1) is 12.2 Å². The van der Waals surface area contributed by atoms with E-state index in [4.69, 9.17) is 16.3 Å². The Kier molecular flexibility index (Phi) is 4.24. The van der Waals surface area contributed by atoms with Gasteiger partial charge in [-0.15, -0.1) is 0 Å². The van der Waals surface area contributed by atoms with Crippen LogP contribution in [0.2, 0.25) is 5.02 Å². The smallest absolute Gasteiger partial charge is 0.302 e. The quantitative estimate of drug-likeness (QED) is 0.932. The fourth-order valence-electron chi connectivity index (χ4n) is 2.28.